The minimum absolute atomic E-state index is 0.0481. The zero-order chi connectivity index (χ0) is 13.8. The lowest BCUT2D eigenvalue weighted by Gasteiger charge is -2.02. The molecule has 19 heavy (non-hydrogen) atoms. The van der Waals surface area contributed by atoms with E-state index in [-0.39, 0.29) is 23.7 Å². The third kappa shape index (κ3) is 3.12. The summed E-state index contributed by atoms with van der Waals surface area (Å²) in [6, 6.07) is 4.40. The molecule has 0 aliphatic carbocycles. The highest BCUT2D eigenvalue weighted by Crippen LogP contribution is 2.19. The van der Waals surface area contributed by atoms with Crippen molar-refractivity contribution in [1.82, 2.24) is 4.98 Å². The van der Waals surface area contributed by atoms with Gasteiger partial charge < -0.3 is 9.15 Å². The molecule has 0 aliphatic rings. The molecule has 1 aromatic heterocycles. The predicted molar refractivity (Wildman–Crippen MR) is 66.7 cm³/mol. The van der Waals surface area contributed by atoms with Crippen LogP contribution in [0.15, 0.2) is 29.0 Å². The Morgan fingerprint density at radius 2 is 2.32 bits per heavy atom. The van der Waals surface area contributed by atoms with Gasteiger partial charge in [-0.25, -0.2) is 14.2 Å². The van der Waals surface area contributed by atoms with E-state index in [0.29, 0.717) is 11.3 Å². The fraction of sp³-hybridized carbons (Fsp3) is 0.231. The van der Waals surface area contributed by atoms with Gasteiger partial charge in [0.1, 0.15) is 11.6 Å². The number of halogens is 2. The van der Waals surface area contributed by atoms with Gasteiger partial charge in [-0.1, -0.05) is 17.7 Å². The van der Waals surface area contributed by atoms with E-state index in [2.05, 4.69) is 4.98 Å². The minimum atomic E-state index is -0.555. The van der Waals surface area contributed by atoms with Gasteiger partial charge in [-0.2, -0.15) is 0 Å². The zero-order valence-corrected chi connectivity index (χ0v) is 10.9. The molecule has 4 nitrogen and oxygen atoms in total. The number of hydrogen-bond donors (Lipinski definition) is 0. The van der Waals surface area contributed by atoms with Crippen molar-refractivity contribution in [2.24, 2.45) is 0 Å². The highest BCUT2D eigenvalue weighted by Gasteiger charge is 2.18. The third-order valence-corrected chi connectivity index (χ3v) is 2.76. The number of nitrogens with zero attached hydrogens (tertiary/aromatic N) is 1. The van der Waals surface area contributed by atoms with Crippen LogP contribution in [0.5, 0.6) is 0 Å². The van der Waals surface area contributed by atoms with Crippen molar-refractivity contribution in [2.75, 3.05) is 6.61 Å². The smallest absolute Gasteiger partial charge is 0.360 e. The molecule has 0 radical (unpaired) electrons. The quantitative estimate of drug-likeness (QED) is 0.808. The summed E-state index contributed by atoms with van der Waals surface area (Å²) in [5, 5.41) is 0.0481. The van der Waals surface area contributed by atoms with Crippen LogP contribution in [0.3, 0.4) is 0 Å². The van der Waals surface area contributed by atoms with Crippen LogP contribution in [-0.2, 0) is 11.2 Å². The molecular formula is C13H11ClFNO3. The minimum Gasteiger partial charge on any atom is -0.461 e. The Morgan fingerprint density at radius 1 is 1.53 bits per heavy atom. The van der Waals surface area contributed by atoms with Crippen molar-refractivity contribution in [3.05, 3.63) is 52.5 Å². The Kier molecular flexibility index (Phi) is 4.16. The molecule has 0 fully saturated rings. The Morgan fingerprint density at radius 3 is 3.00 bits per heavy atom. The monoisotopic (exact) mass is 283 g/mol. The molecule has 2 aromatic rings. The van der Waals surface area contributed by atoms with Gasteiger partial charge in [-0.05, 0) is 24.6 Å². The van der Waals surface area contributed by atoms with Gasteiger partial charge in [-0.15, -0.1) is 0 Å². The molecule has 0 aliphatic heterocycles. The first kappa shape index (κ1) is 13.5. The number of ether oxygens (including phenoxy) is 1. The van der Waals surface area contributed by atoms with E-state index in [9.17, 15) is 9.18 Å². The molecule has 0 N–H and O–H groups in total. The van der Waals surface area contributed by atoms with Crippen LogP contribution >= 0.6 is 11.6 Å². The lowest BCUT2D eigenvalue weighted by molar-refractivity contribution is 0.0518. The van der Waals surface area contributed by atoms with E-state index in [1.54, 1.807) is 13.0 Å². The third-order valence-electron chi connectivity index (χ3n) is 2.46. The molecule has 1 heterocycles. The van der Waals surface area contributed by atoms with E-state index in [0.717, 1.165) is 6.39 Å². The number of hydrogen-bond acceptors (Lipinski definition) is 4. The predicted octanol–water partition coefficient (Wildman–Crippen LogP) is 3.23. The molecule has 0 bridgehead atoms. The second-order valence-electron chi connectivity index (χ2n) is 3.77. The first-order valence-electron chi connectivity index (χ1n) is 5.65. The molecular weight excluding hydrogens is 273 g/mol. The highest BCUT2D eigenvalue weighted by atomic mass is 35.5. The second-order valence-corrected chi connectivity index (χ2v) is 4.18. The molecule has 6 heteroatoms. The van der Waals surface area contributed by atoms with Crippen molar-refractivity contribution in [3.63, 3.8) is 0 Å². The number of rotatable bonds is 4. The molecule has 2 rings (SSSR count). The van der Waals surface area contributed by atoms with Crippen LogP contribution in [0.2, 0.25) is 5.02 Å². The van der Waals surface area contributed by atoms with E-state index in [4.69, 9.17) is 20.8 Å². The van der Waals surface area contributed by atoms with Gasteiger partial charge in [0, 0.05) is 6.42 Å². The Hall–Kier alpha value is -1.88. The SMILES string of the molecule is CCOC(=O)c1ncoc1Cc1ccc(Cl)c(F)c1. The van der Waals surface area contributed by atoms with Crippen molar-refractivity contribution < 1.29 is 18.3 Å². The maximum atomic E-state index is 13.3. The first-order valence-corrected chi connectivity index (χ1v) is 6.03. The fourth-order valence-corrected chi connectivity index (χ4v) is 1.71. The number of esters is 1. The van der Waals surface area contributed by atoms with Crippen molar-refractivity contribution in [1.29, 1.82) is 0 Å². The number of oxazole rings is 1. The van der Waals surface area contributed by atoms with Crippen LogP contribution in [0.4, 0.5) is 4.39 Å². The normalized spacial score (nSPS) is 10.5. The van der Waals surface area contributed by atoms with Crippen molar-refractivity contribution in [3.8, 4) is 0 Å². The summed E-state index contributed by atoms with van der Waals surface area (Å²) in [7, 11) is 0. The molecule has 0 saturated heterocycles. The summed E-state index contributed by atoms with van der Waals surface area (Å²) >= 11 is 5.60. The summed E-state index contributed by atoms with van der Waals surface area (Å²) in [6.07, 6.45) is 1.40. The fourth-order valence-electron chi connectivity index (χ4n) is 1.60. The molecule has 0 spiro atoms. The summed E-state index contributed by atoms with van der Waals surface area (Å²) in [6.45, 7) is 1.95. The van der Waals surface area contributed by atoms with E-state index >= 15 is 0 Å². The molecule has 0 unspecified atom stereocenters. The van der Waals surface area contributed by atoms with Crippen LogP contribution in [0.1, 0.15) is 28.7 Å². The largest absolute Gasteiger partial charge is 0.461 e. The van der Waals surface area contributed by atoms with Crippen LogP contribution in [0.25, 0.3) is 0 Å². The van der Waals surface area contributed by atoms with Gasteiger partial charge in [0.15, 0.2) is 12.1 Å². The molecule has 0 saturated carbocycles. The van der Waals surface area contributed by atoms with Crippen molar-refractivity contribution in [2.45, 2.75) is 13.3 Å². The average molecular weight is 284 g/mol. The lowest BCUT2D eigenvalue weighted by Crippen LogP contribution is -2.08. The van der Waals surface area contributed by atoms with Crippen molar-refractivity contribution >= 4 is 17.6 Å². The Balaban J connectivity index is 2.21. The van der Waals surface area contributed by atoms with Crippen LogP contribution in [-0.4, -0.2) is 17.6 Å². The molecule has 0 amide bonds. The molecule has 100 valence electrons. The summed E-state index contributed by atoms with van der Waals surface area (Å²) in [5.41, 5.74) is 0.737. The maximum absolute atomic E-state index is 13.3. The van der Waals surface area contributed by atoms with Gasteiger partial charge in [-0.3, -0.25) is 0 Å². The summed E-state index contributed by atoms with van der Waals surface area (Å²) < 4.78 is 23.3. The standard InChI is InChI=1S/C13H11ClFNO3/c1-2-18-13(17)12-11(19-7-16-12)6-8-3-4-9(14)10(15)5-8/h3-5,7H,2,6H2,1H3. The average Bonchev–Trinajstić information content (AvgIpc) is 2.82. The number of benzene rings is 1. The van der Waals surface area contributed by atoms with Crippen LogP contribution < -0.4 is 0 Å². The zero-order valence-electron chi connectivity index (χ0n) is 10.2. The van der Waals surface area contributed by atoms with E-state index < -0.39 is 11.8 Å². The summed E-state index contributed by atoms with van der Waals surface area (Å²) in [5.74, 6) is -0.739. The Labute approximate surface area is 114 Å². The summed E-state index contributed by atoms with van der Waals surface area (Å²) in [4.78, 5) is 15.4. The van der Waals surface area contributed by atoms with Gasteiger partial charge in [0.05, 0.1) is 11.6 Å². The van der Waals surface area contributed by atoms with Crippen LogP contribution in [0, 0.1) is 5.82 Å². The van der Waals surface area contributed by atoms with E-state index in [1.165, 1.54) is 12.1 Å². The molecule has 0 atom stereocenters. The van der Waals surface area contributed by atoms with Gasteiger partial charge in [0.2, 0.25) is 0 Å². The van der Waals surface area contributed by atoms with Gasteiger partial charge in [0.25, 0.3) is 0 Å². The topological polar surface area (TPSA) is 52.3 Å². The van der Waals surface area contributed by atoms with E-state index in [1.807, 2.05) is 0 Å². The highest BCUT2D eigenvalue weighted by molar-refractivity contribution is 6.30. The van der Waals surface area contributed by atoms with Gasteiger partial charge >= 0.3 is 5.97 Å². The maximum Gasteiger partial charge on any atom is 0.360 e. The second kappa shape index (κ2) is 5.84. The number of carbonyl (C=O) groups is 1. The first-order chi connectivity index (χ1) is 9.11. The molecule has 1 aromatic carbocycles. The Bertz CT molecular complexity index is 597. The number of aromatic nitrogens is 1. The number of carbonyl (C=O) groups excluding carboxylic acids is 1. The lowest BCUT2D eigenvalue weighted by atomic mass is 10.1.